The van der Waals surface area contributed by atoms with E-state index in [-0.39, 0.29) is 25.7 Å². The van der Waals surface area contributed by atoms with Crippen molar-refractivity contribution in [3.63, 3.8) is 0 Å². The number of allylic oxidation sites excluding steroid dienone is 2. The fraction of sp³-hybridized carbons (Fsp3) is 0.273. The van der Waals surface area contributed by atoms with Crippen LogP contribution in [-0.2, 0) is 9.59 Å². The molecule has 3 aliphatic rings. The van der Waals surface area contributed by atoms with Crippen LogP contribution in [0.5, 0.6) is 0 Å². The van der Waals surface area contributed by atoms with Gasteiger partial charge in [-0.1, -0.05) is 75.7 Å². The number of hydrogen-bond acceptors (Lipinski definition) is 5. The van der Waals surface area contributed by atoms with Crippen LogP contribution >= 0.6 is 104 Å². The monoisotopic (exact) mass is 678 g/mol. The molecule has 3 amide bonds. The molecule has 2 aromatic rings. The van der Waals surface area contributed by atoms with E-state index in [0.29, 0.717) is 14.9 Å². The summed E-state index contributed by atoms with van der Waals surface area (Å²) in [4.78, 5) is 50.5. The van der Waals surface area contributed by atoms with Gasteiger partial charge in [0.05, 0.1) is 36.8 Å². The van der Waals surface area contributed by atoms with Crippen molar-refractivity contribution in [2.75, 3.05) is 6.54 Å². The molecule has 1 aromatic carbocycles. The molecule has 2 heterocycles. The van der Waals surface area contributed by atoms with Crippen molar-refractivity contribution in [2.24, 2.45) is 11.8 Å². The van der Waals surface area contributed by atoms with E-state index < -0.39 is 56.0 Å². The van der Waals surface area contributed by atoms with Crippen LogP contribution in [0, 0.1) is 11.8 Å². The van der Waals surface area contributed by atoms with E-state index in [4.69, 9.17) is 92.8 Å². The van der Waals surface area contributed by atoms with Crippen LogP contribution in [0.1, 0.15) is 20.0 Å². The number of hydrazine groups is 1. The van der Waals surface area contributed by atoms with Crippen LogP contribution in [0.15, 0.2) is 45.8 Å². The van der Waals surface area contributed by atoms with Crippen LogP contribution in [-0.4, -0.2) is 54.1 Å². The summed E-state index contributed by atoms with van der Waals surface area (Å²) in [5, 5.41) is 2.55. The Morgan fingerprint density at radius 2 is 1.46 bits per heavy atom. The van der Waals surface area contributed by atoms with E-state index in [0.717, 1.165) is 11.3 Å². The number of amides is 3. The maximum absolute atomic E-state index is 13.8. The van der Waals surface area contributed by atoms with Gasteiger partial charge in [-0.2, -0.15) is 5.01 Å². The predicted molar refractivity (Wildman–Crippen MR) is 145 cm³/mol. The van der Waals surface area contributed by atoms with Crippen LogP contribution < -0.4 is 0 Å². The Balaban J connectivity index is 1.61. The number of benzene rings is 1. The van der Waals surface area contributed by atoms with Gasteiger partial charge in [0.2, 0.25) is 0 Å². The van der Waals surface area contributed by atoms with Crippen molar-refractivity contribution in [1.29, 1.82) is 0 Å². The summed E-state index contributed by atoms with van der Waals surface area (Å²) in [6, 6.07) is 7.12. The second-order valence-corrected chi connectivity index (χ2v) is 13.5. The smallest absolute Gasteiger partial charge is 0.273 e. The fourth-order valence-corrected chi connectivity index (χ4v) is 8.77. The molecule has 1 saturated heterocycles. The number of fused-ring (bicyclic) bond motifs is 5. The number of hydrogen-bond donors (Lipinski definition) is 0. The largest absolute Gasteiger partial charge is 0.291 e. The second-order valence-electron chi connectivity index (χ2n) is 8.46. The molecule has 15 heteroatoms. The topological polar surface area (TPSA) is 74.8 Å². The van der Waals surface area contributed by atoms with E-state index in [1.807, 2.05) is 0 Å². The van der Waals surface area contributed by atoms with E-state index in [9.17, 15) is 19.2 Å². The zero-order chi connectivity index (χ0) is 27.2. The van der Waals surface area contributed by atoms with Gasteiger partial charge in [0.1, 0.15) is 16.3 Å². The molecule has 2 fully saturated rings. The highest BCUT2D eigenvalue weighted by Crippen LogP contribution is 2.77. The molecule has 37 heavy (non-hydrogen) atoms. The van der Waals surface area contributed by atoms with Crippen LogP contribution in [0.3, 0.4) is 0 Å². The van der Waals surface area contributed by atoms with E-state index in [2.05, 4.69) is 0 Å². The SMILES string of the molecule is O=C(CN(C(=O)c1ccc(Cl)c(Cl)c1)N1C(=O)[C@@H]2[C@@H](C1=O)[C@@]1(Cl)C(Cl)=C(Cl)[C@@]2(Cl)C1(Cl)Cl)c1cccs1. The third-order valence-electron chi connectivity index (χ3n) is 6.62. The molecule has 0 N–H and O–H groups in total. The lowest BCUT2D eigenvalue weighted by Crippen LogP contribution is -2.56. The van der Waals surface area contributed by atoms with E-state index >= 15 is 0 Å². The maximum atomic E-state index is 13.8. The molecule has 0 unspecified atom stereocenters. The number of halogens is 8. The van der Waals surface area contributed by atoms with Crippen LogP contribution in [0.4, 0.5) is 0 Å². The molecule has 0 radical (unpaired) electrons. The van der Waals surface area contributed by atoms with Gasteiger partial charge in [0.15, 0.2) is 10.1 Å². The highest BCUT2D eigenvalue weighted by molar-refractivity contribution is 7.12. The standard InChI is InChI=1S/C22H10Cl8N2O4S/c23-9-4-3-8(6-10(9)24)17(34)31(7-11(33)12-2-1-5-37-12)32-18(35)13-14(19(32)36)21(28)16(26)15(25)20(13,27)22(21,29)30/h1-6,13-14H,7H2/t13-,14-,20+,21+/m0/s1. The molecule has 6 nitrogen and oxygen atoms in total. The normalized spacial score (nSPS) is 29.8. The van der Waals surface area contributed by atoms with E-state index in [1.54, 1.807) is 11.4 Å². The third-order valence-corrected chi connectivity index (χ3v) is 12.5. The molecular weight excluding hydrogens is 672 g/mol. The third kappa shape index (κ3) is 3.52. The van der Waals surface area contributed by atoms with Gasteiger partial charge in [-0.25, -0.2) is 5.01 Å². The van der Waals surface area contributed by atoms with Crippen LogP contribution in [0.25, 0.3) is 0 Å². The molecule has 4 atom stereocenters. The van der Waals surface area contributed by atoms with Gasteiger partial charge in [0, 0.05) is 5.56 Å². The summed E-state index contributed by atoms with van der Waals surface area (Å²) in [6.07, 6.45) is 0. The van der Waals surface area contributed by atoms with Crippen LogP contribution in [0.2, 0.25) is 10.0 Å². The molecule has 5 rings (SSSR count). The number of ketones is 1. The van der Waals surface area contributed by atoms with Gasteiger partial charge in [-0.05, 0) is 29.6 Å². The Bertz CT molecular complexity index is 1380. The zero-order valence-electron chi connectivity index (χ0n) is 17.8. The highest BCUT2D eigenvalue weighted by Gasteiger charge is 2.88. The highest BCUT2D eigenvalue weighted by atomic mass is 35.5. The zero-order valence-corrected chi connectivity index (χ0v) is 24.6. The molecule has 194 valence electrons. The van der Waals surface area contributed by atoms with Crippen molar-refractivity contribution in [1.82, 2.24) is 10.0 Å². The summed E-state index contributed by atoms with van der Waals surface area (Å²) in [7, 11) is 0. The molecule has 0 spiro atoms. The van der Waals surface area contributed by atoms with Crippen molar-refractivity contribution in [2.45, 2.75) is 14.1 Å². The summed E-state index contributed by atoms with van der Waals surface area (Å²) in [6.45, 7) is -0.678. The Labute approximate surface area is 253 Å². The summed E-state index contributed by atoms with van der Waals surface area (Å²) in [5.74, 6) is -6.35. The molecule has 1 aromatic heterocycles. The van der Waals surface area contributed by atoms with Gasteiger partial charge in [-0.15, -0.1) is 34.5 Å². The summed E-state index contributed by atoms with van der Waals surface area (Å²) in [5.41, 5.74) is -0.0478. The van der Waals surface area contributed by atoms with Crippen molar-refractivity contribution < 1.29 is 19.2 Å². The number of rotatable bonds is 5. The molecule has 1 aliphatic heterocycles. The average molecular weight is 682 g/mol. The molecule has 1 saturated carbocycles. The first-order chi connectivity index (χ1) is 17.2. The molecule has 2 bridgehead atoms. The second kappa shape index (κ2) is 9.15. The van der Waals surface area contributed by atoms with Crippen molar-refractivity contribution in [3.05, 3.63) is 66.3 Å². The molecule has 2 aliphatic carbocycles. The van der Waals surface area contributed by atoms with Gasteiger partial charge in [-0.3, -0.25) is 19.2 Å². The number of carbonyl (C=O) groups is 4. The quantitative estimate of drug-likeness (QED) is 0.199. The first-order valence-electron chi connectivity index (χ1n) is 10.2. The Morgan fingerprint density at radius 1 is 0.892 bits per heavy atom. The summed E-state index contributed by atoms with van der Waals surface area (Å²) >= 11 is 52.4. The Hall–Kier alpha value is -0.740. The molecular formula is C22H10Cl8N2O4S. The minimum atomic E-state index is -2.14. The van der Waals surface area contributed by atoms with Gasteiger partial charge >= 0.3 is 0 Å². The number of Topliss-reactive ketones (excluding diaryl/α,β-unsaturated/α-hetero) is 1. The van der Waals surface area contributed by atoms with Crippen molar-refractivity contribution in [3.8, 4) is 0 Å². The number of carbonyl (C=O) groups excluding carboxylic acids is 4. The predicted octanol–water partition coefficient (Wildman–Crippen LogP) is 6.74. The van der Waals surface area contributed by atoms with Gasteiger partial charge < -0.3 is 0 Å². The number of nitrogens with zero attached hydrogens (tertiary/aromatic N) is 2. The maximum Gasteiger partial charge on any atom is 0.273 e. The van der Waals surface area contributed by atoms with Crippen molar-refractivity contribution >= 4 is 128 Å². The summed E-state index contributed by atoms with van der Waals surface area (Å²) < 4.78 is -2.14. The minimum absolute atomic E-state index is 0.0438. The Morgan fingerprint density at radius 3 is 1.95 bits per heavy atom. The first kappa shape index (κ1) is 27.8. The lowest BCUT2D eigenvalue weighted by molar-refractivity contribution is -0.154. The van der Waals surface area contributed by atoms with E-state index in [1.165, 1.54) is 24.3 Å². The number of imide groups is 1. The number of alkyl halides is 4. The lowest BCUT2D eigenvalue weighted by Gasteiger charge is -2.36. The minimum Gasteiger partial charge on any atom is -0.291 e. The Kier molecular flexibility index (Phi) is 6.88. The lowest BCUT2D eigenvalue weighted by atomic mass is 9.84. The number of thiophene rings is 1. The first-order valence-corrected chi connectivity index (χ1v) is 14.1. The fourth-order valence-electron chi connectivity index (χ4n) is 4.88. The van der Waals surface area contributed by atoms with Gasteiger partial charge in [0.25, 0.3) is 17.7 Å². The average Bonchev–Trinajstić information content (AvgIpc) is 3.53.